The molecule has 4 atom stereocenters. The number of aromatic nitrogens is 2. The maximum atomic E-state index is 13.2. The van der Waals surface area contributed by atoms with Crippen LogP contribution in [0.2, 0.25) is 0 Å². The number of likely N-dealkylation sites (N-methyl/N-ethyl adjacent to an activating group) is 1. The van der Waals surface area contributed by atoms with Crippen molar-refractivity contribution in [3.05, 3.63) is 30.6 Å². The SMILES string of the molecule is CCC(CC)N1C[C@]23C=C[C@H](O2)[C@@H](C(=O)N(C)CCn2cccn2)[C@@H]3C1=O. The van der Waals surface area contributed by atoms with Crippen LogP contribution in [0.15, 0.2) is 30.6 Å². The van der Waals surface area contributed by atoms with E-state index >= 15 is 0 Å². The van der Waals surface area contributed by atoms with E-state index in [1.165, 1.54) is 0 Å². The number of ether oxygens (including phenoxy) is 1. The van der Waals surface area contributed by atoms with Gasteiger partial charge in [0.15, 0.2) is 0 Å². The van der Waals surface area contributed by atoms with Crippen molar-refractivity contribution in [2.45, 2.75) is 51.0 Å². The van der Waals surface area contributed by atoms with Crippen LogP contribution in [0.5, 0.6) is 0 Å². The number of hydrogen-bond acceptors (Lipinski definition) is 4. The number of amides is 2. The Morgan fingerprint density at radius 2 is 2.22 bits per heavy atom. The molecular formula is C20H28N4O3. The first-order valence-electron chi connectivity index (χ1n) is 9.90. The van der Waals surface area contributed by atoms with Gasteiger partial charge in [-0.3, -0.25) is 14.3 Å². The van der Waals surface area contributed by atoms with Gasteiger partial charge in [0.1, 0.15) is 5.60 Å². The highest BCUT2D eigenvalue weighted by molar-refractivity contribution is 5.93. The smallest absolute Gasteiger partial charge is 0.230 e. The van der Waals surface area contributed by atoms with Crippen LogP contribution in [0.4, 0.5) is 0 Å². The normalized spacial score (nSPS) is 31.2. The molecule has 4 rings (SSSR count). The summed E-state index contributed by atoms with van der Waals surface area (Å²) in [6, 6.07) is 2.07. The van der Waals surface area contributed by atoms with E-state index in [4.69, 9.17) is 4.74 Å². The third-order valence-electron chi connectivity index (χ3n) is 6.40. The fourth-order valence-corrected chi connectivity index (χ4v) is 4.90. The molecular weight excluding hydrogens is 344 g/mol. The topological polar surface area (TPSA) is 67.7 Å². The van der Waals surface area contributed by atoms with Crippen molar-refractivity contribution in [3.8, 4) is 0 Å². The van der Waals surface area contributed by atoms with Crippen molar-refractivity contribution in [1.29, 1.82) is 0 Å². The second-order valence-electron chi connectivity index (χ2n) is 7.87. The van der Waals surface area contributed by atoms with Gasteiger partial charge in [-0.15, -0.1) is 0 Å². The van der Waals surface area contributed by atoms with Crippen LogP contribution in [0.1, 0.15) is 26.7 Å². The molecule has 3 aliphatic heterocycles. The van der Waals surface area contributed by atoms with E-state index in [9.17, 15) is 9.59 Å². The molecule has 0 N–H and O–H groups in total. The quantitative estimate of drug-likeness (QED) is 0.677. The molecule has 2 fully saturated rings. The molecule has 3 aliphatic rings. The lowest BCUT2D eigenvalue weighted by Gasteiger charge is -2.29. The lowest BCUT2D eigenvalue weighted by molar-refractivity contribution is -0.143. The predicted octanol–water partition coefficient (Wildman–Crippen LogP) is 1.31. The van der Waals surface area contributed by atoms with Crippen molar-refractivity contribution in [3.63, 3.8) is 0 Å². The highest BCUT2D eigenvalue weighted by Gasteiger charge is 2.67. The van der Waals surface area contributed by atoms with Crippen LogP contribution in [-0.4, -0.2) is 69.3 Å². The number of carbonyl (C=O) groups is 2. The third-order valence-corrected chi connectivity index (χ3v) is 6.40. The van der Waals surface area contributed by atoms with Crippen molar-refractivity contribution in [2.24, 2.45) is 11.8 Å². The minimum Gasteiger partial charge on any atom is -0.360 e. The Morgan fingerprint density at radius 3 is 2.89 bits per heavy atom. The Morgan fingerprint density at radius 1 is 1.44 bits per heavy atom. The molecule has 0 aromatic carbocycles. The van der Waals surface area contributed by atoms with Gasteiger partial charge in [-0.05, 0) is 18.9 Å². The van der Waals surface area contributed by atoms with Crippen molar-refractivity contribution in [2.75, 3.05) is 20.1 Å². The molecule has 0 aliphatic carbocycles. The molecule has 1 spiro atoms. The Kier molecular flexibility index (Phi) is 4.58. The summed E-state index contributed by atoms with van der Waals surface area (Å²) in [6.07, 6.45) is 9.15. The summed E-state index contributed by atoms with van der Waals surface area (Å²) in [5.74, 6) is -0.755. The van der Waals surface area contributed by atoms with Gasteiger partial charge in [0, 0.05) is 32.0 Å². The minimum atomic E-state index is -0.618. The first-order chi connectivity index (χ1) is 13.0. The zero-order valence-electron chi connectivity index (χ0n) is 16.2. The van der Waals surface area contributed by atoms with Gasteiger partial charge in [0.25, 0.3) is 0 Å². The molecule has 2 amide bonds. The number of rotatable bonds is 7. The van der Waals surface area contributed by atoms with Crippen molar-refractivity contribution >= 4 is 11.8 Å². The summed E-state index contributed by atoms with van der Waals surface area (Å²) in [5.41, 5.74) is -0.618. The number of fused-ring (bicyclic) bond motifs is 1. The first-order valence-corrected chi connectivity index (χ1v) is 9.90. The van der Waals surface area contributed by atoms with Crippen LogP contribution in [-0.2, 0) is 20.9 Å². The van der Waals surface area contributed by atoms with Crippen LogP contribution < -0.4 is 0 Å². The van der Waals surface area contributed by atoms with Crippen LogP contribution in [0.3, 0.4) is 0 Å². The molecule has 2 bridgehead atoms. The number of carbonyl (C=O) groups excluding carboxylic acids is 2. The maximum Gasteiger partial charge on any atom is 0.230 e. The zero-order chi connectivity index (χ0) is 19.2. The largest absolute Gasteiger partial charge is 0.360 e. The van der Waals surface area contributed by atoms with Crippen molar-refractivity contribution < 1.29 is 14.3 Å². The number of hydrogen-bond donors (Lipinski definition) is 0. The molecule has 1 aromatic rings. The average Bonchev–Trinajstić information content (AvgIpc) is 3.43. The van der Waals surface area contributed by atoms with Crippen molar-refractivity contribution in [1.82, 2.24) is 19.6 Å². The lowest BCUT2D eigenvalue weighted by atomic mass is 9.76. The second kappa shape index (κ2) is 6.78. The summed E-state index contributed by atoms with van der Waals surface area (Å²) in [6.45, 7) is 5.96. The molecule has 0 radical (unpaired) electrons. The van der Waals surface area contributed by atoms with E-state index in [1.807, 2.05) is 29.3 Å². The van der Waals surface area contributed by atoms with Gasteiger partial charge < -0.3 is 14.5 Å². The second-order valence-corrected chi connectivity index (χ2v) is 7.87. The molecule has 0 saturated carbocycles. The van der Waals surface area contributed by atoms with E-state index in [0.717, 1.165) is 12.8 Å². The van der Waals surface area contributed by atoms with Crippen LogP contribution >= 0.6 is 0 Å². The predicted molar refractivity (Wildman–Crippen MR) is 99.7 cm³/mol. The van der Waals surface area contributed by atoms with E-state index in [1.54, 1.807) is 22.8 Å². The third kappa shape index (κ3) is 2.79. The van der Waals surface area contributed by atoms with Gasteiger partial charge in [-0.25, -0.2) is 0 Å². The average molecular weight is 372 g/mol. The maximum absolute atomic E-state index is 13.2. The van der Waals surface area contributed by atoms with Gasteiger partial charge in [0.2, 0.25) is 11.8 Å². The first kappa shape index (κ1) is 18.2. The Balaban J connectivity index is 1.51. The Labute approximate surface area is 159 Å². The van der Waals surface area contributed by atoms with Crippen LogP contribution in [0.25, 0.3) is 0 Å². The highest BCUT2D eigenvalue weighted by atomic mass is 16.5. The lowest BCUT2D eigenvalue weighted by Crippen LogP contribution is -2.46. The molecule has 1 aromatic heterocycles. The van der Waals surface area contributed by atoms with E-state index in [-0.39, 0.29) is 24.0 Å². The highest BCUT2D eigenvalue weighted by Crippen LogP contribution is 2.52. The van der Waals surface area contributed by atoms with Gasteiger partial charge in [-0.2, -0.15) is 5.10 Å². The molecule has 7 nitrogen and oxygen atoms in total. The minimum absolute atomic E-state index is 0.0110. The summed E-state index contributed by atoms with van der Waals surface area (Å²) < 4.78 is 8.02. The molecule has 7 heteroatoms. The fourth-order valence-electron chi connectivity index (χ4n) is 4.90. The standard InChI is InChI=1S/C20H28N4O3/c1-4-14(5-2)24-13-20-8-7-15(27-20)16(17(20)19(24)26)18(25)22(3)11-12-23-10-6-9-21-23/h6-10,14-17H,4-5,11-13H2,1-3H3/t15-,16+,17+,20-/m0/s1. The molecule has 2 saturated heterocycles. The molecule has 0 unspecified atom stereocenters. The fraction of sp³-hybridized carbons (Fsp3) is 0.650. The number of likely N-dealkylation sites (tertiary alicyclic amines) is 1. The number of nitrogens with zero attached hydrogens (tertiary/aromatic N) is 4. The van der Waals surface area contributed by atoms with Gasteiger partial charge in [0.05, 0.1) is 31.0 Å². The van der Waals surface area contributed by atoms with E-state index in [2.05, 4.69) is 18.9 Å². The Bertz CT molecular complexity index is 742. The monoisotopic (exact) mass is 372 g/mol. The Hall–Kier alpha value is -2.15. The van der Waals surface area contributed by atoms with Crippen LogP contribution in [0, 0.1) is 11.8 Å². The van der Waals surface area contributed by atoms with E-state index < -0.39 is 17.4 Å². The van der Waals surface area contributed by atoms with Gasteiger partial charge >= 0.3 is 0 Å². The molecule has 146 valence electrons. The summed E-state index contributed by atoms with van der Waals surface area (Å²) in [5, 5.41) is 4.18. The molecule has 27 heavy (non-hydrogen) atoms. The van der Waals surface area contributed by atoms with Gasteiger partial charge in [-0.1, -0.05) is 26.0 Å². The summed E-state index contributed by atoms with van der Waals surface area (Å²) in [7, 11) is 1.80. The summed E-state index contributed by atoms with van der Waals surface area (Å²) in [4.78, 5) is 30.1. The van der Waals surface area contributed by atoms with E-state index in [0.29, 0.717) is 19.6 Å². The zero-order valence-corrected chi connectivity index (χ0v) is 16.2. The molecule has 4 heterocycles. The summed E-state index contributed by atoms with van der Waals surface area (Å²) >= 11 is 0.